The van der Waals surface area contributed by atoms with Gasteiger partial charge in [-0.05, 0) is 54.2 Å². The molecule has 6 nitrogen and oxygen atoms in total. The summed E-state index contributed by atoms with van der Waals surface area (Å²) in [5.74, 6) is -1.85. The minimum atomic E-state index is -4.51. The molecule has 35 heavy (non-hydrogen) atoms. The van der Waals surface area contributed by atoms with Crippen molar-refractivity contribution in [2.75, 3.05) is 11.9 Å². The smallest absolute Gasteiger partial charge is 0.416 e. The van der Waals surface area contributed by atoms with E-state index in [1.54, 1.807) is 0 Å². The standard InChI is InChI=1S/C23H13ClF4N2O4S/c24-16-9-14(4-6-17(16)25)29-20(31)11-30-21(32)19(35-22(30)33)10-15-5-7-18(34-15)12-2-1-3-13(8-12)23(26,27)28/h1-10H,11H2,(H,29,31)/b19-10+. The molecule has 12 heteroatoms. The number of thioether (sulfide) groups is 1. The van der Waals surface area contributed by atoms with E-state index in [2.05, 4.69) is 5.32 Å². The zero-order chi connectivity index (χ0) is 25.3. The Labute approximate surface area is 204 Å². The van der Waals surface area contributed by atoms with E-state index in [4.69, 9.17) is 16.0 Å². The van der Waals surface area contributed by atoms with Gasteiger partial charge in [0, 0.05) is 17.3 Å². The molecule has 3 amide bonds. The third-order valence-electron chi connectivity index (χ3n) is 4.75. The molecule has 1 fully saturated rings. The third-order valence-corrected chi connectivity index (χ3v) is 5.95. The van der Waals surface area contributed by atoms with E-state index in [-0.39, 0.29) is 32.7 Å². The van der Waals surface area contributed by atoms with Gasteiger partial charge in [-0.2, -0.15) is 13.2 Å². The summed E-state index contributed by atoms with van der Waals surface area (Å²) >= 11 is 6.24. The summed E-state index contributed by atoms with van der Waals surface area (Å²) in [6.07, 6.45) is -3.25. The monoisotopic (exact) mass is 524 g/mol. The fraction of sp³-hybridized carbons (Fsp3) is 0.0870. The molecule has 1 aromatic heterocycles. The van der Waals surface area contributed by atoms with Gasteiger partial charge in [-0.15, -0.1) is 0 Å². The van der Waals surface area contributed by atoms with E-state index >= 15 is 0 Å². The lowest BCUT2D eigenvalue weighted by Crippen LogP contribution is -2.36. The minimum Gasteiger partial charge on any atom is -0.457 e. The Bertz CT molecular complexity index is 1370. The molecule has 3 aromatic rings. The van der Waals surface area contributed by atoms with E-state index in [1.807, 2.05) is 0 Å². The van der Waals surface area contributed by atoms with Crippen molar-refractivity contribution in [3.05, 3.63) is 81.7 Å². The molecule has 1 aliphatic rings. The van der Waals surface area contributed by atoms with Gasteiger partial charge >= 0.3 is 6.18 Å². The van der Waals surface area contributed by atoms with Gasteiger partial charge in [0.2, 0.25) is 5.91 Å². The first kappa shape index (κ1) is 24.6. The molecule has 0 saturated carbocycles. The highest BCUT2D eigenvalue weighted by atomic mass is 35.5. The van der Waals surface area contributed by atoms with Crippen LogP contribution in [-0.2, 0) is 15.8 Å². The van der Waals surface area contributed by atoms with Crippen LogP contribution in [0.1, 0.15) is 11.3 Å². The molecule has 1 N–H and O–H groups in total. The second-order valence-corrected chi connectivity index (χ2v) is 8.63. The summed E-state index contributed by atoms with van der Waals surface area (Å²) in [7, 11) is 0. The molecule has 2 aromatic carbocycles. The number of rotatable bonds is 5. The molecular formula is C23H13ClF4N2O4S. The van der Waals surface area contributed by atoms with Crippen LogP contribution in [0.4, 0.5) is 28.0 Å². The Kier molecular flexibility index (Phi) is 6.73. The van der Waals surface area contributed by atoms with Crippen molar-refractivity contribution in [3.63, 3.8) is 0 Å². The predicted octanol–water partition coefficient (Wildman–Crippen LogP) is 6.43. The normalized spacial score (nSPS) is 15.2. The number of halogens is 5. The Morgan fingerprint density at radius 3 is 2.60 bits per heavy atom. The molecule has 180 valence electrons. The van der Waals surface area contributed by atoms with E-state index in [0.29, 0.717) is 16.7 Å². The van der Waals surface area contributed by atoms with Crippen LogP contribution in [0.3, 0.4) is 0 Å². The Hall–Kier alpha value is -3.57. The molecular weight excluding hydrogens is 512 g/mol. The van der Waals surface area contributed by atoms with E-state index in [1.165, 1.54) is 42.5 Å². The number of carbonyl (C=O) groups is 3. The zero-order valence-electron chi connectivity index (χ0n) is 17.4. The van der Waals surface area contributed by atoms with Crippen LogP contribution < -0.4 is 5.32 Å². The van der Waals surface area contributed by atoms with E-state index in [0.717, 1.165) is 18.2 Å². The van der Waals surface area contributed by atoms with Crippen LogP contribution in [0.2, 0.25) is 5.02 Å². The van der Waals surface area contributed by atoms with Crippen LogP contribution >= 0.6 is 23.4 Å². The number of imide groups is 1. The first-order chi connectivity index (χ1) is 16.5. The maximum Gasteiger partial charge on any atom is 0.416 e. The van der Waals surface area contributed by atoms with Crippen molar-refractivity contribution in [2.45, 2.75) is 6.18 Å². The lowest BCUT2D eigenvalue weighted by atomic mass is 10.1. The largest absolute Gasteiger partial charge is 0.457 e. The lowest BCUT2D eigenvalue weighted by Gasteiger charge is -2.12. The molecule has 0 bridgehead atoms. The summed E-state index contributed by atoms with van der Waals surface area (Å²) in [5.41, 5.74) is -0.470. The van der Waals surface area contributed by atoms with Crippen molar-refractivity contribution in [2.24, 2.45) is 0 Å². The van der Waals surface area contributed by atoms with E-state index < -0.39 is 41.2 Å². The average Bonchev–Trinajstić information content (AvgIpc) is 3.36. The maximum atomic E-state index is 13.2. The molecule has 0 aliphatic carbocycles. The number of furan rings is 1. The van der Waals surface area contributed by atoms with Crippen LogP contribution in [0.5, 0.6) is 0 Å². The van der Waals surface area contributed by atoms with Gasteiger partial charge in [-0.3, -0.25) is 19.3 Å². The molecule has 2 heterocycles. The molecule has 0 unspecified atom stereocenters. The van der Waals surface area contributed by atoms with Gasteiger partial charge in [0.1, 0.15) is 23.9 Å². The number of carbonyl (C=O) groups excluding carboxylic acids is 3. The Morgan fingerprint density at radius 2 is 1.89 bits per heavy atom. The van der Waals surface area contributed by atoms with Crippen LogP contribution in [0, 0.1) is 5.82 Å². The summed E-state index contributed by atoms with van der Waals surface area (Å²) in [5, 5.41) is 1.51. The van der Waals surface area contributed by atoms with Crippen LogP contribution in [-0.4, -0.2) is 28.5 Å². The topological polar surface area (TPSA) is 79.6 Å². The number of amides is 3. The molecule has 0 radical (unpaired) electrons. The number of nitrogens with zero attached hydrogens (tertiary/aromatic N) is 1. The average molecular weight is 525 g/mol. The van der Waals surface area contributed by atoms with E-state index in [9.17, 15) is 31.9 Å². The van der Waals surface area contributed by atoms with Crippen LogP contribution in [0.15, 0.2) is 63.9 Å². The molecule has 1 aliphatic heterocycles. The second kappa shape index (κ2) is 9.59. The molecule has 1 saturated heterocycles. The maximum absolute atomic E-state index is 13.2. The fourth-order valence-electron chi connectivity index (χ4n) is 3.12. The fourth-order valence-corrected chi connectivity index (χ4v) is 4.12. The highest BCUT2D eigenvalue weighted by molar-refractivity contribution is 8.18. The summed E-state index contributed by atoms with van der Waals surface area (Å²) in [6, 6.07) is 10.9. The van der Waals surface area contributed by atoms with Crippen molar-refractivity contribution < 1.29 is 36.4 Å². The lowest BCUT2D eigenvalue weighted by molar-refractivity contribution is -0.137. The number of hydrogen-bond acceptors (Lipinski definition) is 5. The van der Waals surface area contributed by atoms with Gasteiger partial charge in [0.15, 0.2) is 0 Å². The van der Waals surface area contributed by atoms with Crippen molar-refractivity contribution in [1.82, 2.24) is 4.90 Å². The molecule has 4 rings (SSSR count). The van der Waals surface area contributed by atoms with Gasteiger partial charge in [-0.25, -0.2) is 4.39 Å². The predicted molar refractivity (Wildman–Crippen MR) is 122 cm³/mol. The number of benzene rings is 2. The van der Waals surface area contributed by atoms with Crippen molar-refractivity contribution in [1.29, 1.82) is 0 Å². The quantitative estimate of drug-likeness (QED) is 0.307. The first-order valence-corrected chi connectivity index (χ1v) is 11.0. The number of hydrogen-bond donors (Lipinski definition) is 1. The summed E-state index contributed by atoms with van der Waals surface area (Å²) < 4.78 is 57.7. The first-order valence-electron chi connectivity index (χ1n) is 9.79. The van der Waals surface area contributed by atoms with Crippen LogP contribution in [0.25, 0.3) is 17.4 Å². The van der Waals surface area contributed by atoms with Crippen molar-refractivity contribution in [3.8, 4) is 11.3 Å². The van der Waals surface area contributed by atoms with Gasteiger partial charge < -0.3 is 9.73 Å². The SMILES string of the molecule is O=C(CN1C(=O)S/C(=C/c2ccc(-c3cccc(C(F)(F)F)c3)o2)C1=O)Nc1ccc(F)c(Cl)c1. The van der Waals surface area contributed by atoms with Gasteiger partial charge in [0.25, 0.3) is 11.1 Å². The Morgan fingerprint density at radius 1 is 1.11 bits per heavy atom. The molecule has 0 atom stereocenters. The Balaban J connectivity index is 1.46. The second-order valence-electron chi connectivity index (χ2n) is 7.23. The zero-order valence-corrected chi connectivity index (χ0v) is 18.9. The number of anilines is 1. The van der Waals surface area contributed by atoms with Gasteiger partial charge in [-0.1, -0.05) is 23.7 Å². The highest BCUT2D eigenvalue weighted by Crippen LogP contribution is 2.35. The third kappa shape index (κ3) is 5.57. The molecule has 0 spiro atoms. The minimum absolute atomic E-state index is 0.0300. The summed E-state index contributed by atoms with van der Waals surface area (Å²) in [6.45, 7) is -0.593. The highest BCUT2D eigenvalue weighted by Gasteiger charge is 2.36. The summed E-state index contributed by atoms with van der Waals surface area (Å²) in [4.78, 5) is 37.9. The number of nitrogens with one attached hydrogen (secondary N) is 1. The van der Waals surface area contributed by atoms with Crippen molar-refractivity contribution >= 4 is 52.2 Å². The number of alkyl halides is 3. The van der Waals surface area contributed by atoms with Gasteiger partial charge in [0.05, 0.1) is 15.5 Å².